The minimum atomic E-state index is -0.732. The molecule has 228 valence electrons. The Labute approximate surface area is 264 Å². The lowest BCUT2D eigenvalue weighted by Crippen LogP contribution is -2.44. The molecule has 0 fully saturated rings. The number of methoxy groups -OCH3 is 2. The zero-order valence-corrected chi connectivity index (χ0v) is 25.5. The number of nitrogens with one attached hydrogen (secondary N) is 1. The maximum Gasteiger partial charge on any atom is 0.407 e. The molecule has 0 aromatic heterocycles. The maximum absolute atomic E-state index is 13.4. The van der Waals surface area contributed by atoms with E-state index in [-0.39, 0.29) is 19.1 Å². The normalized spacial score (nSPS) is 13.0. The van der Waals surface area contributed by atoms with Crippen molar-refractivity contribution in [3.05, 3.63) is 155 Å². The number of rotatable bonds is 11. The predicted octanol–water partition coefficient (Wildman–Crippen LogP) is 7.33. The maximum atomic E-state index is 13.4. The molecule has 1 amide bonds. The average Bonchev–Trinajstić information content (AvgIpc) is 3.43. The molecule has 2 N–H and O–H groups in total. The molecule has 5 aromatic rings. The van der Waals surface area contributed by atoms with Crippen LogP contribution in [0.15, 0.2) is 127 Å². The monoisotopic (exact) mass is 599 g/mol. The predicted molar refractivity (Wildman–Crippen MR) is 176 cm³/mol. The molecule has 1 atom stereocenters. The molecule has 0 radical (unpaired) electrons. The molecule has 0 saturated carbocycles. The van der Waals surface area contributed by atoms with E-state index in [1.165, 1.54) is 11.1 Å². The number of alkyl carbamates (subject to hydrolysis) is 1. The molecule has 5 aromatic carbocycles. The summed E-state index contributed by atoms with van der Waals surface area (Å²) in [4.78, 5) is 13.4. The Morgan fingerprint density at radius 1 is 0.689 bits per heavy atom. The molecule has 6 nitrogen and oxygen atoms in total. The van der Waals surface area contributed by atoms with E-state index in [9.17, 15) is 9.90 Å². The molecular formula is C39H37NO5. The number of fused-ring (bicyclic) bond motifs is 3. The van der Waals surface area contributed by atoms with Gasteiger partial charge in [-0.1, -0.05) is 103 Å². The van der Waals surface area contributed by atoms with Crippen LogP contribution in [0.3, 0.4) is 0 Å². The van der Waals surface area contributed by atoms with Gasteiger partial charge in [0.2, 0.25) is 0 Å². The standard InChI is InChI=1S/C39H37NO5/c1-43-31-20-16-28(17-21-31)39(27-10-4-3-5-11-27,29-18-22-32(44-2)23-19-29)24-30(25-41)40-38(42)45-26-37-35-14-8-6-12-33(35)34-13-7-9-15-36(34)37/h3-23,30,37,41H,24-26H2,1-2H3,(H,40,42). The van der Waals surface area contributed by atoms with E-state index < -0.39 is 17.6 Å². The lowest BCUT2D eigenvalue weighted by atomic mass is 9.66. The van der Waals surface area contributed by atoms with E-state index in [0.29, 0.717) is 6.42 Å². The molecule has 0 aliphatic heterocycles. The third-order valence-corrected chi connectivity index (χ3v) is 8.87. The van der Waals surface area contributed by atoms with Crippen LogP contribution >= 0.6 is 0 Å². The highest BCUT2D eigenvalue weighted by atomic mass is 16.5. The fourth-order valence-corrected chi connectivity index (χ4v) is 6.66. The minimum Gasteiger partial charge on any atom is -0.497 e. The van der Waals surface area contributed by atoms with Crippen molar-refractivity contribution >= 4 is 6.09 Å². The Morgan fingerprint density at radius 3 is 1.64 bits per heavy atom. The number of amides is 1. The number of hydrogen-bond donors (Lipinski definition) is 2. The first-order valence-electron chi connectivity index (χ1n) is 15.1. The lowest BCUT2D eigenvalue weighted by molar-refractivity contribution is 0.129. The van der Waals surface area contributed by atoms with E-state index in [2.05, 4.69) is 41.7 Å². The van der Waals surface area contributed by atoms with Crippen LogP contribution in [0.2, 0.25) is 0 Å². The fraction of sp³-hybridized carbons (Fsp3) is 0.205. The summed E-state index contributed by atoms with van der Waals surface area (Å²) in [6, 6.07) is 41.9. The van der Waals surface area contributed by atoms with Gasteiger partial charge >= 0.3 is 6.09 Å². The third kappa shape index (κ3) is 5.89. The second-order valence-corrected chi connectivity index (χ2v) is 11.3. The van der Waals surface area contributed by atoms with E-state index in [4.69, 9.17) is 14.2 Å². The SMILES string of the molecule is COc1ccc(C(CC(CO)NC(=O)OCC2c3ccccc3-c3ccccc32)(c2ccccc2)c2ccc(OC)cc2)cc1. The minimum absolute atomic E-state index is 0.0577. The average molecular weight is 600 g/mol. The summed E-state index contributed by atoms with van der Waals surface area (Å²) in [5.74, 6) is 1.43. The van der Waals surface area contributed by atoms with Crippen molar-refractivity contribution in [3.63, 3.8) is 0 Å². The van der Waals surface area contributed by atoms with Crippen molar-refractivity contribution in [2.45, 2.75) is 23.8 Å². The molecule has 0 heterocycles. The summed E-state index contributed by atoms with van der Waals surface area (Å²) < 4.78 is 16.8. The Bertz CT molecular complexity index is 1640. The Hall–Kier alpha value is -5.07. The molecular weight excluding hydrogens is 562 g/mol. The van der Waals surface area contributed by atoms with Gasteiger partial charge in [0, 0.05) is 11.3 Å². The molecule has 0 bridgehead atoms. The number of aliphatic hydroxyl groups is 1. The van der Waals surface area contributed by atoms with Crippen LogP contribution in [0.25, 0.3) is 11.1 Å². The Balaban J connectivity index is 1.30. The van der Waals surface area contributed by atoms with Gasteiger partial charge in [-0.3, -0.25) is 0 Å². The van der Waals surface area contributed by atoms with Crippen molar-refractivity contribution in [2.75, 3.05) is 27.4 Å². The van der Waals surface area contributed by atoms with Crippen LogP contribution in [0, 0.1) is 0 Å². The van der Waals surface area contributed by atoms with Gasteiger partial charge in [0.1, 0.15) is 18.1 Å². The molecule has 6 heteroatoms. The van der Waals surface area contributed by atoms with Crippen LogP contribution in [0.5, 0.6) is 11.5 Å². The first kappa shape index (κ1) is 30.0. The highest BCUT2D eigenvalue weighted by Gasteiger charge is 2.39. The van der Waals surface area contributed by atoms with E-state index in [0.717, 1.165) is 39.3 Å². The van der Waals surface area contributed by atoms with Gasteiger partial charge in [0.05, 0.1) is 26.9 Å². The van der Waals surface area contributed by atoms with Crippen molar-refractivity contribution in [2.24, 2.45) is 0 Å². The largest absolute Gasteiger partial charge is 0.497 e. The summed E-state index contributed by atoms with van der Waals surface area (Å²) in [5, 5.41) is 13.7. The van der Waals surface area contributed by atoms with Gasteiger partial charge in [-0.15, -0.1) is 0 Å². The molecule has 45 heavy (non-hydrogen) atoms. The first-order chi connectivity index (χ1) is 22.1. The van der Waals surface area contributed by atoms with E-state index >= 15 is 0 Å². The van der Waals surface area contributed by atoms with Gasteiger partial charge in [0.25, 0.3) is 0 Å². The van der Waals surface area contributed by atoms with Crippen LogP contribution in [-0.2, 0) is 10.2 Å². The fourth-order valence-electron chi connectivity index (χ4n) is 6.66. The third-order valence-electron chi connectivity index (χ3n) is 8.87. The van der Waals surface area contributed by atoms with Gasteiger partial charge < -0.3 is 24.6 Å². The van der Waals surface area contributed by atoms with Crippen molar-refractivity contribution in [1.82, 2.24) is 5.32 Å². The number of carbonyl (C=O) groups is 1. The summed E-state index contributed by atoms with van der Waals surface area (Å²) in [7, 11) is 3.28. The Morgan fingerprint density at radius 2 is 1.16 bits per heavy atom. The highest BCUT2D eigenvalue weighted by Crippen LogP contribution is 2.45. The molecule has 0 spiro atoms. The van der Waals surface area contributed by atoms with Gasteiger partial charge in [-0.05, 0) is 69.6 Å². The van der Waals surface area contributed by atoms with Crippen LogP contribution in [0.1, 0.15) is 40.2 Å². The summed E-state index contributed by atoms with van der Waals surface area (Å²) in [6.45, 7) is -0.0795. The second-order valence-electron chi connectivity index (χ2n) is 11.3. The summed E-state index contributed by atoms with van der Waals surface area (Å²) in [6.07, 6.45) is -0.196. The smallest absolute Gasteiger partial charge is 0.407 e. The van der Waals surface area contributed by atoms with Gasteiger partial charge in [-0.25, -0.2) is 4.79 Å². The van der Waals surface area contributed by atoms with Gasteiger partial charge in [0.15, 0.2) is 0 Å². The number of benzene rings is 5. The van der Waals surface area contributed by atoms with Crippen molar-refractivity contribution in [3.8, 4) is 22.6 Å². The van der Waals surface area contributed by atoms with E-state index in [1.54, 1.807) is 14.2 Å². The number of hydrogen-bond acceptors (Lipinski definition) is 5. The zero-order valence-electron chi connectivity index (χ0n) is 25.5. The number of carbonyl (C=O) groups excluding carboxylic acids is 1. The number of ether oxygens (including phenoxy) is 3. The first-order valence-corrected chi connectivity index (χ1v) is 15.1. The second kappa shape index (κ2) is 13.3. The summed E-state index contributed by atoms with van der Waals surface area (Å²) in [5.41, 5.74) is 6.90. The van der Waals surface area contributed by atoms with Crippen LogP contribution in [-0.4, -0.2) is 44.7 Å². The Kier molecular flexibility index (Phi) is 8.85. The zero-order chi connectivity index (χ0) is 31.2. The molecule has 1 unspecified atom stereocenters. The molecule has 6 rings (SSSR count). The van der Waals surface area contributed by atoms with Crippen molar-refractivity contribution < 1.29 is 24.1 Å². The molecule has 0 saturated heterocycles. The van der Waals surface area contributed by atoms with Crippen LogP contribution < -0.4 is 14.8 Å². The molecule has 1 aliphatic rings. The lowest BCUT2D eigenvalue weighted by Gasteiger charge is -2.38. The number of aliphatic hydroxyl groups excluding tert-OH is 1. The summed E-state index contributed by atoms with van der Waals surface area (Å²) >= 11 is 0. The van der Waals surface area contributed by atoms with E-state index in [1.807, 2.05) is 91.0 Å². The molecule has 1 aliphatic carbocycles. The van der Waals surface area contributed by atoms with Crippen molar-refractivity contribution in [1.29, 1.82) is 0 Å². The van der Waals surface area contributed by atoms with Crippen LogP contribution in [0.4, 0.5) is 4.79 Å². The quantitative estimate of drug-likeness (QED) is 0.156. The topological polar surface area (TPSA) is 77.0 Å². The highest BCUT2D eigenvalue weighted by molar-refractivity contribution is 5.79. The van der Waals surface area contributed by atoms with Gasteiger partial charge in [-0.2, -0.15) is 0 Å².